The number of amides is 2. The van der Waals surface area contributed by atoms with Gasteiger partial charge in [-0.25, -0.2) is 4.79 Å². The van der Waals surface area contributed by atoms with Gasteiger partial charge >= 0.3 is 6.03 Å². The number of urea groups is 1. The van der Waals surface area contributed by atoms with Gasteiger partial charge in [0.15, 0.2) is 0 Å². The van der Waals surface area contributed by atoms with Crippen LogP contribution in [0.5, 0.6) is 0 Å². The molecule has 5 nitrogen and oxygen atoms in total. The minimum absolute atomic E-state index is 0.378. The molecule has 0 saturated carbocycles. The van der Waals surface area contributed by atoms with Crippen LogP contribution in [0, 0.1) is 25.2 Å². The van der Waals surface area contributed by atoms with E-state index in [-0.39, 0.29) is 6.03 Å². The summed E-state index contributed by atoms with van der Waals surface area (Å²) in [5, 5.41) is 14.3. The molecule has 2 rings (SSSR count). The van der Waals surface area contributed by atoms with Crippen LogP contribution in [0.3, 0.4) is 0 Å². The summed E-state index contributed by atoms with van der Waals surface area (Å²) in [7, 11) is 0. The lowest BCUT2D eigenvalue weighted by Gasteiger charge is -2.12. The zero-order valence-electron chi connectivity index (χ0n) is 11.9. The minimum atomic E-state index is -0.378. The Labute approximate surface area is 123 Å². The fourth-order valence-electron chi connectivity index (χ4n) is 1.95. The number of nitrogen functional groups attached to an aromatic ring is 1. The molecule has 21 heavy (non-hydrogen) atoms. The van der Waals surface area contributed by atoms with E-state index in [2.05, 4.69) is 10.6 Å². The normalized spacial score (nSPS) is 9.76. The maximum Gasteiger partial charge on any atom is 0.323 e. The van der Waals surface area contributed by atoms with E-state index in [1.165, 1.54) is 0 Å². The van der Waals surface area contributed by atoms with Gasteiger partial charge in [-0.15, -0.1) is 0 Å². The van der Waals surface area contributed by atoms with Gasteiger partial charge in [-0.3, -0.25) is 0 Å². The highest BCUT2D eigenvalue weighted by molar-refractivity contribution is 6.00. The second-order valence-electron chi connectivity index (χ2n) is 4.80. The molecule has 0 unspecified atom stereocenters. The number of carbonyl (C=O) groups excluding carboxylic acids is 1. The highest BCUT2D eigenvalue weighted by Gasteiger charge is 2.07. The Kier molecular flexibility index (Phi) is 4.10. The summed E-state index contributed by atoms with van der Waals surface area (Å²) in [6.45, 7) is 3.82. The van der Waals surface area contributed by atoms with E-state index < -0.39 is 0 Å². The zero-order valence-corrected chi connectivity index (χ0v) is 11.9. The summed E-state index contributed by atoms with van der Waals surface area (Å²) in [4.78, 5) is 12.0. The molecule has 0 aromatic heterocycles. The van der Waals surface area contributed by atoms with Crippen LogP contribution in [0.2, 0.25) is 0 Å². The lowest BCUT2D eigenvalue weighted by atomic mass is 10.1. The van der Waals surface area contributed by atoms with Gasteiger partial charge in [0.05, 0.1) is 11.6 Å². The Bertz CT molecular complexity index is 732. The average Bonchev–Trinajstić information content (AvgIpc) is 2.45. The number of hydrogen-bond acceptors (Lipinski definition) is 3. The summed E-state index contributed by atoms with van der Waals surface area (Å²) in [5.41, 5.74) is 10.1. The lowest BCUT2D eigenvalue weighted by Crippen LogP contribution is -2.20. The lowest BCUT2D eigenvalue weighted by molar-refractivity contribution is 0.262. The number of aryl methyl sites for hydroxylation is 2. The zero-order chi connectivity index (χ0) is 15.4. The van der Waals surface area contributed by atoms with Gasteiger partial charge < -0.3 is 16.4 Å². The smallest absolute Gasteiger partial charge is 0.323 e. The molecule has 2 aromatic rings. The standard InChI is InChI=1S/C16H16N4O/c1-10-6-11(2)15(8-14(10)18)20-16(21)19-13-5-3-4-12(7-13)9-17/h3-8H,18H2,1-2H3,(H2,19,20,21). The van der Waals surface area contributed by atoms with Gasteiger partial charge in [-0.05, 0) is 49.2 Å². The van der Waals surface area contributed by atoms with Crippen LogP contribution in [0.25, 0.3) is 0 Å². The maximum atomic E-state index is 12.0. The summed E-state index contributed by atoms with van der Waals surface area (Å²) >= 11 is 0. The van der Waals surface area contributed by atoms with E-state index >= 15 is 0 Å². The van der Waals surface area contributed by atoms with Crippen molar-refractivity contribution in [2.24, 2.45) is 0 Å². The number of benzene rings is 2. The molecule has 0 heterocycles. The van der Waals surface area contributed by atoms with Gasteiger partial charge in [-0.2, -0.15) is 5.26 Å². The molecule has 0 fully saturated rings. The molecule has 2 amide bonds. The fraction of sp³-hybridized carbons (Fsp3) is 0.125. The second kappa shape index (κ2) is 5.97. The van der Waals surface area contributed by atoms with Crippen molar-refractivity contribution in [3.63, 3.8) is 0 Å². The second-order valence-corrected chi connectivity index (χ2v) is 4.80. The molecule has 0 atom stereocenters. The quantitative estimate of drug-likeness (QED) is 0.736. The van der Waals surface area contributed by atoms with Crippen LogP contribution in [0.4, 0.5) is 21.9 Å². The predicted molar refractivity (Wildman–Crippen MR) is 84.1 cm³/mol. The van der Waals surface area contributed by atoms with Crippen LogP contribution in [-0.2, 0) is 0 Å². The van der Waals surface area contributed by atoms with Crippen LogP contribution in [0.15, 0.2) is 36.4 Å². The number of anilines is 3. The van der Waals surface area contributed by atoms with Crippen molar-refractivity contribution in [1.29, 1.82) is 5.26 Å². The molecule has 4 N–H and O–H groups in total. The monoisotopic (exact) mass is 280 g/mol. The Morgan fingerprint density at radius 2 is 1.90 bits per heavy atom. The molecule has 0 spiro atoms. The Hall–Kier alpha value is -3.00. The van der Waals surface area contributed by atoms with Crippen molar-refractivity contribution in [2.75, 3.05) is 16.4 Å². The summed E-state index contributed by atoms with van der Waals surface area (Å²) < 4.78 is 0. The first kappa shape index (κ1) is 14.4. The van der Waals surface area contributed by atoms with Crippen LogP contribution < -0.4 is 16.4 Å². The van der Waals surface area contributed by atoms with Gasteiger partial charge in [0.1, 0.15) is 0 Å². The van der Waals surface area contributed by atoms with Crippen molar-refractivity contribution in [1.82, 2.24) is 0 Å². The number of nitriles is 1. The molecule has 0 saturated heterocycles. The third-order valence-corrected chi connectivity index (χ3v) is 3.11. The molecular formula is C16H16N4O. The molecular weight excluding hydrogens is 264 g/mol. The van der Waals surface area contributed by atoms with E-state index in [9.17, 15) is 4.79 Å². The first-order valence-corrected chi connectivity index (χ1v) is 6.44. The van der Waals surface area contributed by atoms with E-state index in [1.54, 1.807) is 30.3 Å². The number of nitrogens with one attached hydrogen (secondary N) is 2. The van der Waals surface area contributed by atoms with E-state index in [0.29, 0.717) is 22.6 Å². The topological polar surface area (TPSA) is 90.9 Å². The maximum absolute atomic E-state index is 12.0. The molecule has 0 bridgehead atoms. The van der Waals surface area contributed by atoms with Gasteiger partial charge in [-0.1, -0.05) is 12.1 Å². The van der Waals surface area contributed by atoms with E-state index in [1.807, 2.05) is 26.0 Å². The Morgan fingerprint density at radius 3 is 2.62 bits per heavy atom. The number of nitrogens with zero attached hydrogens (tertiary/aromatic N) is 1. The number of hydrogen-bond donors (Lipinski definition) is 3. The van der Waals surface area contributed by atoms with Crippen molar-refractivity contribution < 1.29 is 4.79 Å². The van der Waals surface area contributed by atoms with Gasteiger partial charge in [0, 0.05) is 17.1 Å². The molecule has 5 heteroatoms. The summed E-state index contributed by atoms with van der Waals surface area (Å²) in [6.07, 6.45) is 0. The van der Waals surface area contributed by atoms with Crippen molar-refractivity contribution in [3.05, 3.63) is 53.1 Å². The molecule has 0 aliphatic rings. The van der Waals surface area contributed by atoms with Gasteiger partial charge in [0.25, 0.3) is 0 Å². The minimum Gasteiger partial charge on any atom is -0.398 e. The fourth-order valence-corrected chi connectivity index (χ4v) is 1.95. The molecule has 0 radical (unpaired) electrons. The van der Waals surface area contributed by atoms with Crippen molar-refractivity contribution in [3.8, 4) is 6.07 Å². The third-order valence-electron chi connectivity index (χ3n) is 3.11. The van der Waals surface area contributed by atoms with Gasteiger partial charge in [0.2, 0.25) is 0 Å². The van der Waals surface area contributed by atoms with E-state index in [0.717, 1.165) is 11.1 Å². The SMILES string of the molecule is Cc1cc(C)c(NC(=O)Nc2cccc(C#N)c2)cc1N. The Balaban J connectivity index is 2.12. The van der Waals surface area contributed by atoms with Crippen molar-refractivity contribution >= 4 is 23.1 Å². The average molecular weight is 280 g/mol. The Morgan fingerprint density at radius 1 is 1.14 bits per heavy atom. The first-order chi connectivity index (χ1) is 9.99. The molecule has 106 valence electrons. The van der Waals surface area contributed by atoms with Crippen LogP contribution in [0.1, 0.15) is 16.7 Å². The van der Waals surface area contributed by atoms with E-state index in [4.69, 9.17) is 11.0 Å². The predicted octanol–water partition coefficient (Wildman–Crippen LogP) is 3.40. The highest BCUT2D eigenvalue weighted by atomic mass is 16.2. The molecule has 0 aliphatic heterocycles. The summed E-state index contributed by atoms with van der Waals surface area (Å²) in [5.74, 6) is 0. The number of nitrogens with two attached hydrogens (primary N) is 1. The molecule has 0 aliphatic carbocycles. The first-order valence-electron chi connectivity index (χ1n) is 6.44. The van der Waals surface area contributed by atoms with Crippen molar-refractivity contribution in [2.45, 2.75) is 13.8 Å². The van der Waals surface area contributed by atoms with Crippen LogP contribution in [-0.4, -0.2) is 6.03 Å². The number of rotatable bonds is 2. The van der Waals surface area contributed by atoms with Crippen LogP contribution >= 0.6 is 0 Å². The highest BCUT2D eigenvalue weighted by Crippen LogP contribution is 2.22. The third kappa shape index (κ3) is 3.51. The largest absolute Gasteiger partial charge is 0.398 e. The summed E-state index contributed by atoms with van der Waals surface area (Å²) in [6, 6.07) is 12.0. The molecule has 2 aromatic carbocycles. The number of carbonyl (C=O) groups is 1.